The Bertz CT molecular complexity index is 558. The number of rotatable bonds is 3. The number of aliphatic hydroxyl groups is 1. The van der Waals surface area contributed by atoms with Crippen molar-refractivity contribution in [2.75, 3.05) is 20.3 Å². The Hall–Kier alpha value is -1.77. The van der Waals surface area contributed by atoms with E-state index in [1.165, 1.54) is 13.4 Å². The number of imidazole rings is 1. The quantitative estimate of drug-likeness (QED) is 0.801. The van der Waals surface area contributed by atoms with E-state index < -0.39 is 6.29 Å². The van der Waals surface area contributed by atoms with E-state index in [0.717, 1.165) is 0 Å². The Kier molecular flexibility index (Phi) is 2.82. The number of nitrogens with zero attached hydrogens (tertiary/aromatic N) is 4. The van der Waals surface area contributed by atoms with Crippen molar-refractivity contribution in [3.8, 4) is 5.88 Å². The molecule has 1 saturated heterocycles. The van der Waals surface area contributed by atoms with Crippen LogP contribution in [0.15, 0.2) is 12.7 Å². The van der Waals surface area contributed by atoms with Crippen molar-refractivity contribution in [2.24, 2.45) is 0 Å². The maximum Gasteiger partial charge on any atom is 0.245 e. The lowest BCUT2D eigenvalue weighted by Gasteiger charge is -2.11. The molecule has 8 nitrogen and oxygen atoms in total. The molecule has 0 spiro atoms. The topological polar surface area (TPSA) is 91.5 Å². The molecule has 0 unspecified atom stereocenters. The van der Waals surface area contributed by atoms with Gasteiger partial charge in [-0.15, -0.1) is 0 Å². The van der Waals surface area contributed by atoms with Gasteiger partial charge >= 0.3 is 0 Å². The number of hydrogen-bond donors (Lipinski definition) is 1. The van der Waals surface area contributed by atoms with E-state index in [4.69, 9.17) is 19.3 Å². The van der Waals surface area contributed by atoms with Crippen LogP contribution in [0.5, 0.6) is 5.88 Å². The minimum atomic E-state index is -0.601. The van der Waals surface area contributed by atoms with Gasteiger partial charge in [-0.1, -0.05) is 0 Å². The van der Waals surface area contributed by atoms with Gasteiger partial charge in [0.05, 0.1) is 26.7 Å². The second-order valence-corrected chi connectivity index (χ2v) is 3.74. The first-order valence-electron chi connectivity index (χ1n) is 5.43. The van der Waals surface area contributed by atoms with Crippen LogP contribution in [0.3, 0.4) is 0 Å². The molecule has 2 aromatic rings. The predicted molar refractivity (Wildman–Crippen MR) is 58.8 cm³/mol. The molecule has 0 aliphatic carbocycles. The smallest absolute Gasteiger partial charge is 0.245 e. The first kappa shape index (κ1) is 11.3. The largest absolute Gasteiger partial charge is 0.479 e. The minimum absolute atomic E-state index is 0.179. The van der Waals surface area contributed by atoms with Gasteiger partial charge in [-0.05, 0) is 0 Å². The first-order chi connectivity index (χ1) is 8.83. The highest BCUT2D eigenvalue weighted by Gasteiger charge is 2.28. The van der Waals surface area contributed by atoms with Gasteiger partial charge in [-0.2, -0.15) is 4.98 Å². The highest BCUT2D eigenvalue weighted by Crippen LogP contribution is 2.26. The van der Waals surface area contributed by atoms with Crippen LogP contribution in [0.25, 0.3) is 11.2 Å². The third-order valence-electron chi connectivity index (χ3n) is 2.71. The second-order valence-electron chi connectivity index (χ2n) is 3.74. The Morgan fingerprint density at radius 3 is 3.11 bits per heavy atom. The van der Waals surface area contributed by atoms with Crippen LogP contribution in [0.2, 0.25) is 0 Å². The van der Waals surface area contributed by atoms with Gasteiger partial charge in [0.15, 0.2) is 23.7 Å². The van der Waals surface area contributed by atoms with Gasteiger partial charge in [0.25, 0.3) is 0 Å². The van der Waals surface area contributed by atoms with Crippen molar-refractivity contribution in [1.29, 1.82) is 0 Å². The molecule has 2 aromatic heterocycles. The molecule has 1 fully saturated rings. The SMILES string of the molecule is COc1ncnc2c1ncn2[C@H]1CO[C@H](CO)O1. The third kappa shape index (κ3) is 1.70. The second kappa shape index (κ2) is 4.48. The molecule has 0 bridgehead atoms. The molecule has 0 aromatic carbocycles. The number of aliphatic hydroxyl groups excluding tert-OH is 1. The molecule has 1 aliphatic heterocycles. The van der Waals surface area contributed by atoms with Gasteiger partial charge < -0.3 is 19.3 Å². The van der Waals surface area contributed by atoms with Gasteiger partial charge in [0.1, 0.15) is 6.33 Å². The zero-order valence-corrected chi connectivity index (χ0v) is 9.68. The Morgan fingerprint density at radius 2 is 2.39 bits per heavy atom. The van der Waals surface area contributed by atoms with E-state index in [1.54, 1.807) is 10.9 Å². The molecule has 18 heavy (non-hydrogen) atoms. The summed E-state index contributed by atoms with van der Waals surface area (Å²) in [5.74, 6) is 0.413. The van der Waals surface area contributed by atoms with Gasteiger partial charge in [0.2, 0.25) is 5.88 Å². The van der Waals surface area contributed by atoms with Crippen LogP contribution in [0.1, 0.15) is 6.23 Å². The van der Waals surface area contributed by atoms with Crippen molar-refractivity contribution < 1.29 is 19.3 Å². The van der Waals surface area contributed by atoms with Crippen LogP contribution >= 0.6 is 0 Å². The van der Waals surface area contributed by atoms with E-state index >= 15 is 0 Å². The number of fused-ring (bicyclic) bond motifs is 1. The van der Waals surface area contributed by atoms with Crippen molar-refractivity contribution >= 4 is 11.2 Å². The van der Waals surface area contributed by atoms with E-state index in [-0.39, 0.29) is 12.8 Å². The molecule has 3 rings (SSSR count). The zero-order valence-electron chi connectivity index (χ0n) is 9.68. The van der Waals surface area contributed by atoms with E-state index in [2.05, 4.69) is 15.0 Å². The van der Waals surface area contributed by atoms with Crippen LogP contribution in [0.4, 0.5) is 0 Å². The lowest BCUT2D eigenvalue weighted by atomic mass is 10.5. The van der Waals surface area contributed by atoms with E-state index in [1.807, 2.05) is 0 Å². The van der Waals surface area contributed by atoms with Gasteiger partial charge in [0, 0.05) is 0 Å². The lowest BCUT2D eigenvalue weighted by Crippen LogP contribution is -2.15. The summed E-state index contributed by atoms with van der Waals surface area (Å²) in [5, 5.41) is 8.96. The maximum absolute atomic E-state index is 8.96. The third-order valence-corrected chi connectivity index (χ3v) is 2.71. The summed E-state index contributed by atoms with van der Waals surface area (Å²) < 4.78 is 17.6. The summed E-state index contributed by atoms with van der Waals surface area (Å²) in [6.07, 6.45) is 2.04. The highest BCUT2D eigenvalue weighted by molar-refractivity contribution is 5.75. The summed E-state index contributed by atoms with van der Waals surface area (Å²) in [7, 11) is 1.53. The summed E-state index contributed by atoms with van der Waals surface area (Å²) >= 11 is 0. The van der Waals surface area contributed by atoms with Crippen LogP contribution < -0.4 is 4.74 Å². The van der Waals surface area contributed by atoms with Crippen molar-refractivity contribution in [1.82, 2.24) is 19.5 Å². The molecule has 2 atom stereocenters. The molecule has 1 N–H and O–H groups in total. The summed E-state index contributed by atoms with van der Waals surface area (Å²) in [5.41, 5.74) is 1.17. The number of methoxy groups -OCH3 is 1. The summed E-state index contributed by atoms with van der Waals surface area (Å²) in [4.78, 5) is 12.3. The van der Waals surface area contributed by atoms with Crippen LogP contribution in [-0.2, 0) is 9.47 Å². The van der Waals surface area contributed by atoms with Gasteiger partial charge in [-0.3, -0.25) is 4.57 Å². The molecule has 8 heteroatoms. The van der Waals surface area contributed by atoms with E-state index in [9.17, 15) is 0 Å². The molecule has 3 heterocycles. The monoisotopic (exact) mass is 252 g/mol. The minimum Gasteiger partial charge on any atom is -0.479 e. The standard InChI is InChI=1S/C10H12N4O4/c1-16-10-8-9(11-4-12-10)14(5-13-8)6-3-17-7(2-15)18-6/h4-7,15H,2-3H2,1H3/t6-,7+/m1/s1. The fraction of sp³-hybridized carbons (Fsp3) is 0.500. The molecule has 0 radical (unpaired) electrons. The Balaban J connectivity index is 1.98. The molecule has 0 saturated carbocycles. The average molecular weight is 252 g/mol. The zero-order chi connectivity index (χ0) is 12.5. The fourth-order valence-corrected chi connectivity index (χ4v) is 1.88. The van der Waals surface area contributed by atoms with E-state index in [0.29, 0.717) is 23.7 Å². The van der Waals surface area contributed by atoms with Crippen molar-refractivity contribution in [2.45, 2.75) is 12.5 Å². The number of aromatic nitrogens is 4. The highest BCUT2D eigenvalue weighted by atomic mass is 16.7. The number of ether oxygens (including phenoxy) is 3. The molecule has 96 valence electrons. The number of hydrogen-bond acceptors (Lipinski definition) is 7. The lowest BCUT2D eigenvalue weighted by molar-refractivity contribution is -0.0980. The molecule has 1 aliphatic rings. The van der Waals surface area contributed by atoms with Crippen LogP contribution in [0, 0.1) is 0 Å². The Morgan fingerprint density at radius 1 is 1.50 bits per heavy atom. The Labute approximate surface area is 102 Å². The first-order valence-corrected chi connectivity index (χ1v) is 5.43. The van der Waals surface area contributed by atoms with Gasteiger partial charge in [-0.25, -0.2) is 9.97 Å². The molecular weight excluding hydrogens is 240 g/mol. The summed E-state index contributed by atoms with van der Waals surface area (Å²) in [6, 6.07) is 0. The van der Waals surface area contributed by atoms with Crippen molar-refractivity contribution in [3.63, 3.8) is 0 Å². The normalized spacial score (nSPS) is 23.7. The van der Waals surface area contributed by atoms with Crippen molar-refractivity contribution in [3.05, 3.63) is 12.7 Å². The maximum atomic E-state index is 8.96. The average Bonchev–Trinajstić information content (AvgIpc) is 3.03. The molecular formula is C10H12N4O4. The fourth-order valence-electron chi connectivity index (χ4n) is 1.88. The summed E-state index contributed by atoms with van der Waals surface area (Å²) in [6.45, 7) is 0.157. The molecule has 0 amide bonds. The van der Waals surface area contributed by atoms with Crippen LogP contribution in [-0.4, -0.2) is 51.2 Å². The predicted octanol–water partition coefficient (Wildman–Crippen LogP) is -0.301.